The zero-order chi connectivity index (χ0) is 14.4. The van der Waals surface area contributed by atoms with Crippen LogP contribution >= 0.6 is 15.9 Å². The standard InChI is InChI=1S/C11H4BrF3O4.Eu.2H2O/c12-4-1-2-5-6(3-4)19-10(18)7(8(5)16)9(17)11(13,14)15;;;/h1-3,16H;;2*1H2. The van der Waals surface area contributed by atoms with E-state index >= 15 is 0 Å². The summed E-state index contributed by atoms with van der Waals surface area (Å²) in [4.78, 5) is 22.5. The number of alkyl halides is 3. The first-order chi connectivity index (χ1) is 8.71. The van der Waals surface area contributed by atoms with E-state index in [2.05, 4.69) is 20.3 Å². The molecule has 2 rings (SSSR count). The minimum Gasteiger partial charge on any atom is -0.506 e. The maximum Gasteiger partial charge on any atom is 0.455 e. The molecule has 123 valence electrons. The number of hydrogen-bond acceptors (Lipinski definition) is 4. The van der Waals surface area contributed by atoms with Crippen LogP contribution in [-0.2, 0) is 0 Å². The van der Waals surface area contributed by atoms with E-state index in [4.69, 9.17) is 0 Å². The molecule has 0 atom stereocenters. The molecule has 2 aromatic rings. The molecule has 0 bridgehead atoms. The van der Waals surface area contributed by atoms with Crippen molar-refractivity contribution < 1.29 is 87.8 Å². The number of halogens is 4. The SMILES string of the molecule is O.O.O=C(c1c(O)c2ccc(Br)cc2oc1=O)C(F)(F)F.[Eu]. The maximum absolute atomic E-state index is 12.3. The normalized spacial score (nSPS) is 10.2. The number of carbonyl (C=O) groups is 1. The molecule has 0 spiro atoms. The van der Waals surface area contributed by atoms with Gasteiger partial charge in [-0.1, -0.05) is 15.9 Å². The molecule has 0 amide bonds. The predicted octanol–water partition coefficient (Wildman–Crippen LogP) is 1.36. The molecule has 1 heterocycles. The van der Waals surface area contributed by atoms with Crippen LogP contribution in [0.4, 0.5) is 13.2 Å². The van der Waals surface area contributed by atoms with E-state index < -0.39 is 28.9 Å². The second-order valence-electron chi connectivity index (χ2n) is 3.58. The third kappa shape index (κ3) is 4.59. The summed E-state index contributed by atoms with van der Waals surface area (Å²) in [6, 6.07) is 3.94. The van der Waals surface area contributed by atoms with Crippen molar-refractivity contribution in [3.63, 3.8) is 0 Å². The molecule has 0 aliphatic carbocycles. The van der Waals surface area contributed by atoms with Crippen LogP contribution in [-0.4, -0.2) is 28.0 Å². The van der Waals surface area contributed by atoms with E-state index in [1.54, 1.807) is 0 Å². The van der Waals surface area contributed by atoms with Gasteiger partial charge in [-0.3, -0.25) is 4.79 Å². The summed E-state index contributed by atoms with van der Waals surface area (Å²) < 4.78 is 42.0. The Morgan fingerprint density at radius 3 is 2.27 bits per heavy atom. The van der Waals surface area contributed by atoms with Crippen molar-refractivity contribution in [2.45, 2.75) is 6.18 Å². The van der Waals surface area contributed by atoms with E-state index in [0.717, 1.165) is 0 Å². The Morgan fingerprint density at radius 1 is 1.23 bits per heavy atom. The summed E-state index contributed by atoms with van der Waals surface area (Å²) in [6.07, 6.45) is -5.27. The molecular formula is C11H8BrEuF3O6. The fourth-order valence-electron chi connectivity index (χ4n) is 1.50. The number of rotatable bonds is 1. The molecule has 6 nitrogen and oxygen atoms in total. The van der Waals surface area contributed by atoms with Crippen LogP contribution < -0.4 is 5.63 Å². The van der Waals surface area contributed by atoms with Crippen LogP contribution in [0.1, 0.15) is 10.4 Å². The van der Waals surface area contributed by atoms with Gasteiger partial charge in [0.15, 0.2) is 5.56 Å². The molecule has 1 radical (unpaired) electrons. The molecule has 22 heavy (non-hydrogen) atoms. The van der Waals surface area contributed by atoms with Crippen molar-refractivity contribution in [1.29, 1.82) is 0 Å². The maximum atomic E-state index is 12.3. The van der Waals surface area contributed by atoms with Crippen LogP contribution in [0.25, 0.3) is 11.0 Å². The first-order valence-electron chi connectivity index (χ1n) is 4.78. The number of Topliss-reactive ketones (excluding diaryl/α,β-unsaturated/α-hetero) is 1. The molecule has 0 saturated carbocycles. The van der Waals surface area contributed by atoms with Crippen LogP contribution in [0.3, 0.4) is 0 Å². The van der Waals surface area contributed by atoms with Gasteiger partial charge in [0.05, 0.1) is 5.39 Å². The quantitative estimate of drug-likeness (QED) is 0.445. The molecule has 0 aliphatic rings. The van der Waals surface area contributed by atoms with Gasteiger partial charge in [0.25, 0.3) is 5.78 Å². The molecule has 0 aliphatic heterocycles. The largest absolute Gasteiger partial charge is 0.506 e. The number of carbonyl (C=O) groups excluding carboxylic acids is 1. The Bertz CT molecular complexity index is 743. The summed E-state index contributed by atoms with van der Waals surface area (Å²) in [5.74, 6) is -3.48. The summed E-state index contributed by atoms with van der Waals surface area (Å²) >= 11 is 3.07. The Labute approximate surface area is 169 Å². The van der Waals surface area contributed by atoms with Gasteiger partial charge in [-0.2, -0.15) is 13.2 Å². The van der Waals surface area contributed by atoms with Crippen molar-refractivity contribution in [2.24, 2.45) is 0 Å². The van der Waals surface area contributed by atoms with Gasteiger partial charge in [0.1, 0.15) is 11.3 Å². The van der Waals surface area contributed by atoms with Crippen LogP contribution in [0.15, 0.2) is 31.9 Å². The second-order valence-corrected chi connectivity index (χ2v) is 4.50. The molecule has 0 fully saturated rings. The van der Waals surface area contributed by atoms with Gasteiger partial charge in [-0.25, -0.2) is 4.79 Å². The van der Waals surface area contributed by atoms with Crippen LogP contribution in [0.2, 0.25) is 0 Å². The molecule has 11 heteroatoms. The van der Waals surface area contributed by atoms with E-state index in [-0.39, 0.29) is 71.3 Å². The first kappa shape index (κ1) is 23.9. The molecular weight excluding hydrogens is 517 g/mol. The third-order valence-corrected chi connectivity index (χ3v) is 2.82. The summed E-state index contributed by atoms with van der Waals surface area (Å²) in [5.41, 5.74) is -3.08. The summed E-state index contributed by atoms with van der Waals surface area (Å²) in [6.45, 7) is 0. The fraction of sp³-hybridized carbons (Fsp3) is 0.0909. The predicted molar refractivity (Wildman–Crippen MR) is 69.5 cm³/mol. The zero-order valence-electron chi connectivity index (χ0n) is 10.3. The average molecular weight is 525 g/mol. The number of fused-ring (bicyclic) bond motifs is 1. The molecule has 0 saturated heterocycles. The first-order valence-corrected chi connectivity index (χ1v) is 5.58. The Balaban J connectivity index is 0. The van der Waals surface area contributed by atoms with E-state index in [0.29, 0.717) is 4.47 Å². The monoisotopic (exact) mass is 525 g/mol. The number of aromatic hydroxyl groups is 1. The van der Waals surface area contributed by atoms with E-state index in [1.165, 1.54) is 18.2 Å². The number of benzene rings is 1. The van der Waals surface area contributed by atoms with Gasteiger partial charge in [0, 0.05) is 53.8 Å². The van der Waals surface area contributed by atoms with Crippen LogP contribution in [0, 0.1) is 49.4 Å². The van der Waals surface area contributed by atoms with Crippen LogP contribution in [0.5, 0.6) is 5.75 Å². The Morgan fingerprint density at radius 2 is 1.77 bits per heavy atom. The molecule has 0 unspecified atom stereocenters. The van der Waals surface area contributed by atoms with Gasteiger partial charge in [0.2, 0.25) is 0 Å². The number of ketones is 1. The minimum atomic E-state index is -5.27. The van der Waals surface area contributed by atoms with Gasteiger partial charge in [-0.05, 0) is 18.2 Å². The van der Waals surface area contributed by atoms with Gasteiger partial charge < -0.3 is 20.5 Å². The fourth-order valence-corrected chi connectivity index (χ4v) is 1.84. The van der Waals surface area contributed by atoms with E-state index in [9.17, 15) is 27.9 Å². The number of hydrogen-bond donors (Lipinski definition) is 1. The Hall–Kier alpha value is -0.326. The summed E-state index contributed by atoms with van der Waals surface area (Å²) in [5, 5.41) is 9.50. The smallest absolute Gasteiger partial charge is 0.455 e. The average Bonchev–Trinajstić information content (AvgIpc) is 2.26. The van der Waals surface area contributed by atoms with Crippen molar-refractivity contribution in [2.75, 3.05) is 0 Å². The van der Waals surface area contributed by atoms with Crippen molar-refractivity contribution >= 4 is 32.7 Å². The van der Waals surface area contributed by atoms with Crippen molar-refractivity contribution in [1.82, 2.24) is 0 Å². The summed E-state index contributed by atoms with van der Waals surface area (Å²) in [7, 11) is 0. The molecule has 5 N–H and O–H groups in total. The second kappa shape index (κ2) is 8.51. The Kier molecular flexibility index (Phi) is 9.25. The third-order valence-electron chi connectivity index (χ3n) is 2.33. The molecule has 1 aromatic heterocycles. The van der Waals surface area contributed by atoms with Gasteiger partial charge in [-0.15, -0.1) is 0 Å². The zero-order valence-corrected chi connectivity index (χ0v) is 14.3. The van der Waals surface area contributed by atoms with Crippen molar-refractivity contribution in [3.05, 3.63) is 38.7 Å². The molecule has 1 aromatic carbocycles. The minimum absolute atomic E-state index is 0. The topological polar surface area (TPSA) is 131 Å². The van der Waals surface area contributed by atoms with Crippen molar-refractivity contribution in [3.8, 4) is 5.75 Å². The van der Waals surface area contributed by atoms with E-state index in [1.807, 2.05) is 0 Å². The van der Waals surface area contributed by atoms with Gasteiger partial charge >= 0.3 is 11.8 Å².